The van der Waals surface area contributed by atoms with E-state index < -0.39 is 0 Å². The van der Waals surface area contributed by atoms with Gasteiger partial charge in [-0.3, -0.25) is 4.79 Å². The molecule has 1 saturated heterocycles. The number of rotatable bonds is 3. The number of ether oxygens (including phenoxy) is 1. The fraction of sp³-hybridized carbons (Fsp3) is 0.533. The molecule has 0 spiro atoms. The van der Waals surface area contributed by atoms with Crippen molar-refractivity contribution in [3.8, 4) is 5.75 Å². The SMILES string of the molecule is CCOc1ccccc1C(=O)N1CC(C)CC(N)C1. The van der Waals surface area contributed by atoms with E-state index in [1.807, 2.05) is 36.1 Å². The summed E-state index contributed by atoms with van der Waals surface area (Å²) in [6.07, 6.45) is 0.983. The number of para-hydroxylation sites is 1. The van der Waals surface area contributed by atoms with Crippen molar-refractivity contribution in [2.75, 3.05) is 19.7 Å². The van der Waals surface area contributed by atoms with E-state index in [1.165, 1.54) is 0 Å². The normalized spacial score (nSPS) is 23.2. The molecule has 4 nitrogen and oxygen atoms in total. The summed E-state index contributed by atoms with van der Waals surface area (Å²) in [6.45, 7) is 6.00. The molecule has 19 heavy (non-hydrogen) atoms. The average Bonchev–Trinajstić information content (AvgIpc) is 2.38. The monoisotopic (exact) mass is 262 g/mol. The van der Waals surface area contributed by atoms with Crippen molar-refractivity contribution in [3.05, 3.63) is 29.8 Å². The minimum atomic E-state index is 0.0195. The maximum absolute atomic E-state index is 12.6. The third-order valence-corrected chi connectivity index (χ3v) is 3.40. The number of carbonyl (C=O) groups is 1. The van der Waals surface area contributed by atoms with Gasteiger partial charge in [-0.25, -0.2) is 0 Å². The van der Waals surface area contributed by atoms with E-state index in [4.69, 9.17) is 10.5 Å². The highest BCUT2D eigenvalue weighted by atomic mass is 16.5. The third kappa shape index (κ3) is 3.26. The number of piperidine rings is 1. The van der Waals surface area contributed by atoms with Crippen molar-refractivity contribution in [3.63, 3.8) is 0 Å². The summed E-state index contributed by atoms with van der Waals surface area (Å²) in [4.78, 5) is 14.4. The van der Waals surface area contributed by atoms with Crippen LogP contribution in [-0.4, -0.2) is 36.5 Å². The van der Waals surface area contributed by atoms with Gasteiger partial charge in [-0.1, -0.05) is 19.1 Å². The zero-order valence-electron chi connectivity index (χ0n) is 11.6. The van der Waals surface area contributed by atoms with E-state index >= 15 is 0 Å². The molecule has 1 fully saturated rings. The molecule has 1 aromatic carbocycles. The number of amides is 1. The van der Waals surface area contributed by atoms with Crippen LogP contribution in [0.3, 0.4) is 0 Å². The summed E-state index contributed by atoms with van der Waals surface area (Å²) < 4.78 is 5.52. The molecule has 2 unspecified atom stereocenters. The number of carbonyl (C=O) groups excluding carboxylic acids is 1. The summed E-state index contributed by atoms with van der Waals surface area (Å²) in [7, 11) is 0. The van der Waals surface area contributed by atoms with Crippen LogP contribution in [0.1, 0.15) is 30.6 Å². The third-order valence-electron chi connectivity index (χ3n) is 3.40. The highest BCUT2D eigenvalue weighted by Gasteiger charge is 2.27. The van der Waals surface area contributed by atoms with Crippen molar-refractivity contribution in [1.82, 2.24) is 4.90 Å². The first-order chi connectivity index (χ1) is 9.11. The molecule has 1 aromatic rings. The van der Waals surface area contributed by atoms with E-state index in [9.17, 15) is 4.79 Å². The van der Waals surface area contributed by atoms with Gasteiger partial charge in [0.1, 0.15) is 5.75 Å². The second-order valence-corrected chi connectivity index (χ2v) is 5.24. The fourth-order valence-corrected chi connectivity index (χ4v) is 2.66. The largest absolute Gasteiger partial charge is 0.493 e. The summed E-state index contributed by atoms with van der Waals surface area (Å²) in [5, 5.41) is 0. The summed E-state index contributed by atoms with van der Waals surface area (Å²) >= 11 is 0. The van der Waals surface area contributed by atoms with E-state index in [0.717, 1.165) is 13.0 Å². The molecule has 1 aliphatic rings. The molecule has 1 amide bonds. The zero-order valence-corrected chi connectivity index (χ0v) is 11.6. The van der Waals surface area contributed by atoms with Gasteiger partial charge in [-0.2, -0.15) is 0 Å². The maximum atomic E-state index is 12.6. The van der Waals surface area contributed by atoms with Crippen LogP contribution in [0.5, 0.6) is 5.75 Å². The zero-order chi connectivity index (χ0) is 13.8. The van der Waals surface area contributed by atoms with Gasteiger partial charge in [0.25, 0.3) is 5.91 Å². The van der Waals surface area contributed by atoms with Crippen LogP contribution >= 0.6 is 0 Å². The first-order valence-corrected chi connectivity index (χ1v) is 6.88. The van der Waals surface area contributed by atoms with Crippen LogP contribution in [0.25, 0.3) is 0 Å². The Morgan fingerprint density at radius 3 is 2.84 bits per heavy atom. The Morgan fingerprint density at radius 1 is 1.42 bits per heavy atom. The summed E-state index contributed by atoms with van der Waals surface area (Å²) in [5.74, 6) is 1.12. The van der Waals surface area contributed by atoms with Crippen LogP contribution in [0.15, 0.2) is 24.3 Å². The lowest BCUT2D eigenvalue weighted by molar-refractivity contribution is 0.0657. The quantitative estimate of drug-likeness (QED) is 0.905. The Labute approximate surface area is 114 Å². The molecule has 0 radical (unpaired) electrons. The molecule has 104 valence electrons. The van der Waals surface area contributed by atoms with Crippen molar-refractivity contribution >= 4 is 5.91 Å². The van der Waals surface area contributed by atoms with Gasteiger partial charge < -0.3 is 15.4 Å². The molecule has 1 aliphatic heterocycles. The van der Waals surface area contributed by atoms with Crippen molar-refractivity contribution in [2.45, 2.75) is 26.3 Å². The van der Waals surface area contributed by atoms with Gasteiger partial charge in [0, 0.05) is 19.1 Å². The average molecular weight is 262 g/mol. The lowest BCUT2D eigenvalue weighted by Gasteiger charge is -2.35. The number of likely N-dealkylation sites (tertiary alicyclic amines) is 1. The van der Waals surface area contributed by atoms with Crippen molar-refractivity contribution in [2.24, 2.45) is 11.7 Å². The Kier molecular flexibility index (Phi) is 4.43. The van der Waals surface area contributed by atoms with E-state index in [-0.39, 0.29) is 11.9 Å². The number of hydrogen-bond acceptors (Lipinski definition) is 3. The second kappa shape index (κ2) is 6.06. The number of nitrogens with zero attached hydrogens (tertiary/aromatic N) is 1. The van der Waals surface area contributed by atoms with Crippen LogP contribution < -0.4 is 10.5 Å². The molecule has 4 heteroatoms. The first-order valence-electron chi connectivity index (χ1n) is 6.88. The molecular formula is C15H22N2O2. The first kappa shape index (κ1) is 13.9. The molecule has 2 rings (SSSR count). The second-order valence-electron chi connectivity index (χ2n) is 5.24. The van der Waals surface area contributed by atoms with Gasteiger partial charge in [-0.05, 0) is 31.4 Å². The molecule has 1 heterocycles. The lowest BCUT2D eigenvalue weighted by atomic mass is 9.96. The van der Waals surface area contributed by atoms with Gasteiger partial charge in [0.15, 0.2) is 0 Å². The highest BCUT2D eigenvalue weighted by Crippen LogP contribution is 2.23. The molecule has 0 aromatic heterocycles. The van der Waals surface area contributed by atoms with Gasteiger partial charge in [0.2, 0.25) is 0 Å². The molecule has 0 bridgehead atoms. The molecule has 2 atom stereocenters. The maximum Gasteiger partial charge on any atom is 0.257 e. The number of hydrogen-bond donors (Lipinski definition) is 1. The van der Waals surface area contributed by atoms with Crippen molar-refractivity contribution in [1.29, 1.82) is 0 Å². The van der Waals surface area contributed by atoms with Gasteiger partial charge in [0.05, 0.1) is 12.2 Å². The van der Waals surface area contributed by atoms with Crippen molar-refractivity contribution < 1.29 is 9.53 Å². The highest BCUT2D eigenvalue weighted by molar-refractivity contribution is 5.97. The summed E-state index contributed by atoms with van der Waals surface area (Å²) in [5.41, 5.74) is 6.63. The van der Waals surface area contributed by atoms with E-state index in [0.29, 0.717) is 30.4 Å². The Bertz CT molecular complexity index is 438. The van der Waals surface area contributed by atoms with Crippen LogP contribution in [0, 0.1) is 5.92 Å². The molecule has 0 saturated carbocycles. The number of nitrogens with two attached hydrogens (primary N) is 1. The van der Waals surface area contributed by atoms with Gasteiger partial charge >= 0.3 is 0 Å². The molecule has 2 N–H and O–H groups in total. The van der Waals surface area contributed by atoms with E-state index in [1.54, 1.807) is 0 Å². The smallest absolute Gasteiger partial charge is 0.257 e. The standard InChI is InChI=1S/C15H22N2O2/c1-3-19-14-7-5-4-6-13(14)15(18)17-9-11(2)8-12(16)10-17/h4-7,11-12H,3,8-10,16H2,1-2H3. The van der Waals surface area contributed by atoms with Gasteiger partial charge in [-0.15, -0.1) is 0 Å². The Hall–Kier alpha value is -1.55. The summed E-state index contributed by atoms with van der Waals surface area (Å²) in [6, 6.07) is 7.48. The lowest BCUT2D eigenvalue weighted by Crippen LogP contribution is -2.48. The minimum absolute atomic E-state index is 0.0195. The Balaban J connectivity index is 2.19. The molecule has 0 aliphatic carbocycles. The Morgan fingerprint density at radius 2 is 2.16 bits per heavy atom. The van der Waals surface area contributed by atoms with Crippen LogP contribution in [-0.2, 0) is 0 Å². The predicted molar refractivity (Wildman–Crippen MR) is 75.3 cm³/mol. The minimum Gasteiger partial charge on any atom is -0.493 e. The van der Waals surface area contributed by atoms with E-state index in [2.05, 4.69) is 6.92 Å². The van der Waals surface area contributed by atoms with Crippen LogP contribution in [0.4, 0.5) is 0 Å². The van der Waals surface area contributed by atoms with Crippen LogP contribution in [0.2, 0.25) is 0 Å². The fourth-order valence-electron chi connectivity index (χ4n) is 2.66. The predicted octanol–water partition coefficient (Wildman–Crippen LogP) is 1.89. The topological polar surface area (TPSA) is 55.6 Å². The number of benzene rings is 1. The molecular weight excluding hydrogens is 240 g/mol.